The predicted octanol–water partition coefficient (Wildman–Crippen LogP) is 5.86. The van der Waals surface area contributed by atoms with Gasteiger partial charge < -0.3 is 9.25 Å². The van der Waals surface area contributed by atoms with Crippen LogP contribution in [0.4, 0.5) is 8.78 Å². The molecule has 9 nitrogen and oxygen atoms in total. The molecule has 0 aliphatic heterocycles. The molecule has 208 valence electrons. The van der Waals surface area contributed by atoms with Crippen molar-refractivity contribution < 1.29 is 27.4 Å². The Bertz CT molecular complexity index is 1650. The molecular weight excluding hydrogens is 562 g/mol. The van der Waals surface area contributed by atoms with Gasteiger partial charge in [-0.3, -0.25) is 4.52 Å². The second-order valence-electron chi connectivity index (χ2n) is 9.58. The van der Waals surface area contributed by atoms with Gasteiger partial charge >= 0.3 is 11.8 Å². The fourth-order valence-electron chi connectivity index (χ4n) is 3.37. The van der Waals surface area contributed by atoms with Crippen LogP contribution < -0.4 is 11.7 Å². The Labute approximate surface area is 235 Å². The lowest BCUT2D eigenvalue weighted by Crippen LogP contribution is -2.33. The van der Waals surface area contributed by atoms with Gasteiger partial charge in [0.15, 0.2) is 0 Å². The van der Waals surface area contributed by atoms with Crippen molar-refractivity contribution in [2.24, 2.45) is 5.90 Å². The summed E-state index contributed by atoms with van der Waals surface area (Å²) >= 11 is 2.81. The quantitative estimate of drug-likeness (QED) is 0.243. The largest absolute Gasteiger partial charge is 0.542 e. The van der Waals surface area contributed by atoms with E-state index in [-0.39, 0.29) is 17.5 Å². The molecule has 0 spiro atoms. The Hall–Kier alpha value is -4.07. The molecule has 13 heteroatoms. The van der Waals surface area contributed by atoms with E-state index < -0.39 is 22.6 Å². The minimum atomic E-state index is -0.913. The van der Waals surface area contributed by atoms with Crippen LogP contribution in [0.1, 0.15) is 45.0 Å². The lowest BCUT2D eigenvalue weighted by Gasteiger charge is -2.17. The van der Waals surface area contributed by atoms with E-state index in [0.717, 1.165) is 16.1 Å². The highest BCUT2D eigenvalue weighted by atomic mass is 32.1. The molecule has 40 heavy (non-hydrogen) atoms. The highest BCUT2D eigenvalue weighted by molar-refractivity contribution is 7.13. The van der Waals surface area contributed by atoms with E-state index in [2.05, 4.69) is 24.5 Å². The number of rotatable bonds is 6. The van der Waals surface area contributed by atoms with Crippen LogP contribution in [0.15, 0.2) is 73.0 Å². The van der Waals surface area contributed by atoms with E-state index >= 15 is 0 Å². The van der Waals surface area contributed by atoms with Gasteiger partial charge in [-0.05, 0) is 81.4 Å². The lowest BCUT2D eigenvalue weighted by molar-refractivity contribution is -0.150. The summed E-state index contributed by atoms with van der Waals surface area (Å²) in [4.78, 5) is 35.8. The molecule has 3 heterocycles. The van der Waals surface area contributed by atoms with Crippen molar-refractivity contribution in [3.05, 3.63) is 98.8 Å². The first-order valence-electron chi connectivity index (χ1n) is 11.7. The Balaban J connectivity index is 0.000000186. The SMILES string of the molecule is CC(C)(C(=O)ON)c1csc(-c2ccc(F)cc2)n1.CC(C)(c1csc(-c2ccc(F)cc2)n1)c1noc(=O)o1. The van der Waals surface area contributed by atoms with Gasteiger partial charge in [0.2, 0.25) is 0 Å². The number of carbonyl (C=O) groups excluding carboxylic acids is 1. The second-order valence-corrected chi connectivity index (χ2v) is 11.3. The third-order valence-corrected chi connectivity index (χ3v) is 7.79. The first-order valence-corrected chi connectivity index (χ1v) is 13.5. The van der Waals surface area contributed by atoms with E-state index in [9.17, 15) is 18.4 Å². The monoisotopic (exact) mass is 586 g/mol. The number of hydrogen-bond acceptors (Lipinski definition) is 11. The molecule has 5 aromatic rings. The van der Waals surface area contributed by atoms with Crippen LogP contribution in [0.3, 0.4) is 0 Å². The van der Waals surface area contributed by atoms with Gasteiger partial charge in [0.25, 0.3) is 5.89 Å². The van der Waals surface area contributed by atoms with Crippen molar-refractivity contribution in [1.82, 2.24) is 15.1 Å². The lowest BCUT2D eigenvalue weighted by atomic mass is 9.90. The number of halogens is 2. The molecule has 0 saturated heterocycles. The van der Waals surface area contributed by atoms with Gasteiger partial charge in [-0.25, -0.2) is 28.3 Å². The Morgan fingerprint density at radius 1 is 0.850 bits per heavy atom. The first kappa shape index (κ1) is 28.9. The standard InChI is InChI=1S/C14H11FN2O3S.C13H13FN2O2S/c1-14(2,12-17-20-13(18)19-12)10-7-21-11(16-10)8-3-5-9(15)6-4-8;1-13(2,12(17)18-15)10-7-19-11(16-10)8-3-5-9(14)6-4-8/h3-7H,1-2H3;3-7H,15H2,1-2H3. The Kier molecular flexibility index (Phi) is 8.37. The van der Waals surface area contributed by atoms with Crippen LogP contribution in [-0.4, -0.2) is 21.1 Å². The Morgan fingerprint density at radius 3 is 1.77 bits per heavy atom. The molecule has 0 aliphatic rings. The normalized spacial score (nSPS) is 11.6. The third-order valence-electron chi connectivity index (χ3n) is 6.01. The number of benzene rings is 2. The van der Waals surface area contributed by atoms with Crippen LogP contribution in [-0.2, 0) is 20.5 Å². The topological polar surface area (TPSA) is 134 Å². The van der Waals surface area contributed by atoms with Crippen LogP contribution in [0.5, 0.6) is 0 Å². The van der Waals surface area contributed by atoms with Gasteiger partial charge in [-0.2, -0.15) is 5.90 Å². The minimum absolute atomic E-state index is 0.170. The molecule has 0 fully saturated rings. The van der Waals surface area contributed by atoms with E-state index in [0.29, 0.717) is 16.4 Å². The molecule has 0 bridgehead atoms. The van der Waals surface area contributed by atoms with Crippen molar-refractivity contribution in [3.63, 3.8) is 0 Å². The van der Waals surface area contributed by atoms with Gasteiger partial charge in [0.1, 0.15) is 27.1 Å². The second kappa shape index (κ2) is 11.6. The van der Waals surface area contributed by atoms with Crippen molar-refractivity contribution >= 4 is 28.6 Å². The fraction of sp³-hybridized carbons (Fsp3) is 0.222. The zero-order chi connectivity index (χ0) is 29.1. The zero-order valence-corrected chi connectivity index (χ0v) is 23.4. The molecule has 0 atom stereocenters. The zero-order valence-electron chi connectivity index (χ0n) is 21.8. The summed E-state index contributed by atoms with van der Waals surface area (Å²) in [5.41, 5.74) is 1.29. The summed E-state index contributed by atoms with van der Waals surface area (Å²) in [6.45, 7) is 7.03. The Morgan fingerprint density at radius 2 is 1.32 bits per heavy atom. The van der Waals surface area contributed by atoms with E-state index in [1.165, 1.54) is 46.9 Å². The molecule has 2 N–H and O–H groups in total. The number of hydrogen-bond donors (Lipinski definition) is 1. The molecular formula is C27H24F2N4O5S2. The maximum absolute atomic E-state index is 12.9. The molecule has 0 aliphatic carbocycles. The number of nitrogens with zero attached hydrogens (tertiary/aromatic N) is 3. The third kappa shape index (κ3) is 6.22. The van der Waals surface area contributed by atoms with Crippen LogP contribution in [0, 0.1) is 11.6 Å². The predicted molar refractivity (Wildman–Crippen MR) is 145 cm³/mol. The summed E-state index contributed by atoms with van der Waals surface area (Å²) < 4.78 is 35.2. The van der Waals surface area contributed by atoms with Gasteiger partial charge in [-0.15, -0.1) is 22.7 Å². The fourth-order valence-corrected chi connectivity index (χ4v) is 5.36. The number of thiazole rings is 2. The van der Waals surface area contributed by atoms with Crippen molar-refractivity contribution in [2.75, 3.05) is 0 Å². The average molecular weight is 587 g/mol. The highest BCUT2D eigenvalue weighted by Gasteiger charge is 2.34. The van der Waals surface area contributed by atoms with Gasteiger partial charge in [0.05, 0.1) is 16.8 Å². The number of nitrogens with two attached hydrogens (primary N) is 1. The summed E-state index contributed by atoms with van der Waals surface area (Å²) in [7, 11) is 0. The smallest absolute Gasteiger partial charge is 0.374 e. The van der Waals surface area contributed by atoms with E-state index in [4.69, 9.17) is 10.3 Å². The molecule has 2 aromatic carbocycles. The minimum Gasteiger partial charge on any atom is -0.374 e. The van der Waals surface area contributed by atoms with E-state index in [1.54, 1.807) is 43.5 Å². The summed E-state index contributed by atoms with van der Waals surface area (Å²) in [6, 6.07) is 12.1. The molecule has 5 rings (SSSR count). The van der Waals surface area contributed by atoms with Crippen LogP contribution >= 0.6 is 22.7 Å². The van der Waals surface area contributed by atoms with Crippen molar-refractivity contribution in [1.29, 1.82) is 0 Å². The van der Waals surface area contributed by atoms with Crippen molar-refractivity contribution in [2.45, 2.75) is 38.5 Å². The van der Waals surface area contributed by atoms with Gasteiger partial charge in [-0.1, -0.05) is 0 Å². The van der Waals surface area contributed by atoms with Crippen molar-refractivity contribution in [3.8, 4) is 21.1 Å². The molecule has 0 saturated carbocycles. The van der Waals surface area contributed by atoms with E-state index in [1.807, 2.05) is 19.2 Å². The maximum Gasteiger partial charge on any atom is 0.542 e. The molecule has 0 radical (unpaired) electrons. The summed E-state index contributed by atoms with van der Waals surface area (Å²) in [5, 5.41) is 8.72. The van der Waals surface area contributed by atoms with Crippen LogP contribution in [0.25, 0.3) is 21.1 Å². The van der Waals surface area contributed by atoms with Crippen LogP contribution in [0.2, 0.25) is 0 Å². The maximum atomic E-state index is 12.9. The first-order chi connectivity index (χ1) is 18.9. The summed E-state index contributed by atoms with van der Waals surface area (Å²) in [5.74, 6) is 3.10. The molecule has 3 aromatic heterocycles. The molecule has 0 unspecified atom stereocenters. The highest BCUT2D eigenvalue weighted by Crippen LogP contribution is 2.34. The number of carbonyl (C=O) groups is 1. The summed E-state index contributed by atoms with van der Waals surface area (Å²) in [6.07, 6.45) is 0. The average Bonchev–Trinajstić information content (AvgIpc) is 3.71. The number of aromatic nitrogens is 3. The van der Waals surface area contributed by atoms with Gasteiger partial charge in [0, 0.05) is 21.9 Å². The molecule has 0 amide bonds.